The quantitative estimate of drug-likeness (QED) is 0.753. The van der Waals surface area contributed by atoms with Crippen LogP contribution in [0.3, 0.4) is 0 Å². The average Bonchev–Trinajstić information content (AvgIpc) is 2.85. The van der Waals surface area contributed by atoms with Gasteiger partial charge in [0.1, 0.15) is 25.9 Å². The molecule has 0 unspecified atom stereocenters. The second-order valence-corrected chi connectivity index (χ2v) is 6.58. The highest BCUT2D eigenvalue weighted by atomic mass is 32.2. The number of cyclic esters (lactones) is 1. The first kappa shape index (κ1) is 14.9. The van der Waals surface area contributed by atoms with Crippen LogP contribution in [0.4, 0.5) is 10.5 Å². The molecule has 9 heteroatoms. The third-order valence-corrected chi connectivity index (χ3v) is 3.74. The molecule has 1 aromatic carbocycles. The van der Waals surface area contributed by atoms with Crippen molar-refractivity contribution in [1.82, 2.24) is 0 Å². The molecule has 1 fully saturated rings. The fourth-order valence-electron chi connectivity index (χ4n) is 2.22. The minimum Gasteiger partial charge on any atom is -0.486 e. The summed E-state index contributed by atoms with van der Waals surface area (Å²) < 4.78 is 42.6. The Bertz CT molecular complexity index is 688. The number of carbonyl (C=O) groups excluding carboxylic acids is 1. The molecule has 0 N–H and O–H groups in total. The lowest BCUT2D eigenvalue weighted by Crippen LogP contribution is -2.26. The molecule has 1 aromatic rings. The van der Waals surface area contributed by atoms with Crippen molar-refractivity contribution in [3.05, 3.63) is 18.2 Å². The zero-order chi connectivity index (χ0) is 15.7. The van der Waals surface area contributed by atoms with Crippen molar-refractivity contribution in [2.45, 2.75) is 6.10 Å². The van der Waals surface area contributed by atoms with Crippen molar-refractivity contribution in [3.8, 4) is 11.5 Å². The van der Waals surface area contributed by atoms with Crippen LogP contribution in [0.1, 0.15) is 0 Å². The van der Waals surface area contributed by atoms with Crippen molar-refractivity contribution in [1.29, 1.82) is 0 Å². The minimum atomic E-state index is -3.57. The maximum absolute atomic E-state index is 11.9. The van der Waals surface area contributed by atoms with E-state index in [0.717, 1.165) is 6.26 Å². The lowest BCUT2D eigenvalue weighted by Gasteiger charge is -2.20. The Morgan fingerprint density at radius 1 is 1.27 bits per heavy atom. The number of nitrogens with zero attached hydrogens (tertiary/aromatic N) is 1. The molecule has 22 heavy (non-hydrogen) atoms. The highest BCUT2D eigenvalue weighted by Gasteiger charge is 2.33. The molecule has 120 valence electrons. The van der Waals surface area contributed by atoms with Gasteiger partial charge in [-0.15, -0.1) is 0 Å². The fourth-order valence-corrected chi connectivity index (χ4v) is 2.62. The normalized spacial score (nSPS) is 20.9. The summed E-state index contributed by atoms with van der Waals surface area (Å²) in [5.74, 6) is 1.19. The standard InChI is InChI=1S/C13H15NO7S/c1-22(16,17)20-8-10-7-14(13(15)21-10)9-2-3-11-12(6-9)19-5-4-18-11/h2-3,6,10H,4-5,7-8H2,1H3/t10-/m0/s1. The minimum absolute atomic E-state index is 0.202. The summed E-state index contributed by atoms with van der Waals surface area (Å²) >= 11 is 0. The lowest BCUT2D eigenvalue weighted by molar-refractivity contribution is 0.107. The molecular weight excluding hydrogens is 314 g/mol. The van der Waals surface area contributed by atoms with Crippen LogP contribution in [-0.4, -0.2) is 53.2 Å². The Morgan fingerprint density at radius 3 is 2.73 bits per heavy atom. The van der Waals surface area contributed by atoms with E-state index < -0.39 is 22.3 Å². The number of anilines is 1. The van der Waals surface area contributed by atoms with Crippen LogP contribution in [-0.2, 0) is 19.0 Å². The number of amides is 1. The smallest absolute Gasteiger partial charge is 0.414 e. The van der Waals surface area contributed by atoms with Crippen molar-refractivity contribution in [2.75, 3.05) is 37.5 Å². The predicted molar refractivity (Wildman–Crippen MR) is 75.8 cm³/mol. The molecule has 0 bridgehead atoms. The van der Waals surface area contributed by atoms with Gasteiger partial charge in [0.15, 0.2) is 11.5 Å². The van der Waals surface area contributed by atoms with Crippen LogP contribution in [0, 0.1) is 0 Å². The van der Waals surface area contributed by atoms with Crippen molar-refractivity contribution >= 4 is 21.9 Å². The van der Waals surface area contributed by atoms with Gasteiger partial charge in [0.2, 0.25) is 0 Å². The van der Waals surface area contributed by atoms with Gasteiger partial charge in [-0.25, -0.2) is 4.79 Å². The molecule has 2 aliphatic heterocycles. The lowest BCUT2D eigenvalue weighted by atomic mass is 10.2. The van der Waals surface area contributed by atoms with Crippen molar-refractivity contribution in [2.24, 2.45) is 0 Å². The van der Waals surface area contributed by atoms with Crippen LogP contribution in [0.15, 0.2) is 18.2 Å². The SMILES string of the molecule is CS(=O)(=O)OC[C@@H]1CN(c2ccc3c(c2)OCCO3)C(=O)O1. The molecule has 0 spiro atoms. The van der Waals surface area contributed by atoms with Crippen LogP contribution >= 0.6 is 0 Å². The third kappa shape index (κ3) is 3.25. The summed E-state index contributed by atoms with van der Waals surface area (Å²) in [6.07, 6.45) is -0.253. The fraction of sp³-hybridized carbons (Fsp3) is 0.462. The Morgan fingerprint density at radius 2 is 2.00 bits per heavy atom. The summed E-state index contributed by atoms with van der Waals surface area (Å²) in [6.45, 7) is 0.939. The van der Waals surface area contributed by atoms with Gasteiger partial charge in [0, 0.05) is 6.07 Å². The maximum Gasteiger partial charge on any atom is 0.414 e. The highest BCUT2D eigenvalue weighted by Crippen LogP contribution is 2.35. The maximum atomic E-state index is 11.9. The molecule has 1 amide bonds. The molecule has 2 heterocycles. The van der Waals surface area contributed by atoms with E-state index in [-0.39, 0.29) is 13.2 Å². The van der Waals surface area contributed by atoms with Crippen LogP contribution in [0.5, 0.6) is 11.5 Å². The van der Waals surface area contributed by atoms with Gasteiger partial charge < -0.3 is 14.2 Å². The van der Waals surface area contributed by atoms with Crippen molar-refractivity contribution < 1.29 is 31.6 Å². The van der Waals surface area contributed by atoms with E-state index in [2.05, 4.69) is 4.18 Å². The number of hydrogen-bond acceptors (Lipinski definition) is 7. The summed E-state index contributed by atoms with van der Waals surface area (Å²) in [5.41, 5.74) is 0.594. The van der Waals surface area contributed by atoms with E-state index in [1.165, 1.54) is 4.90 Å². The Kier molecular flexibility index (Phi) is 3.83. The Hall–Kier alpha value is -2.00. The van der Waals surface area contributed by atoms with E-state index in [1.807, 2.05) is 0 Å². The molecule has 1 saturated heterocycles. The zero-order valence-electron chi connectivity index (χ0n) is 11.9. The van der Waals surface area contributed by atoms with Crippen molar-refractivity contribution in [3.63, 3.8) is 0 Å². The van der Waals surface area contributed by atoms with Gasteiger partial charge in [0.25, 0.3) is 10.1 Å². The van der Waals surface area contributed by atoms with E-state index in [9.17, 15) is 13.2 Å². The number of fused-ring (bicyclic) bond motifs is 1. The topological polar surface area (TPSA) is 91.4 Å². The third-order valence-electron chi connectivity index (χ3n) is 3.18. The number of rotatable bonds is 4. The molecule has 3 rings (SSSR count). The van der Waals surface area contributed by atoms with Crippen LogP contribution in [0.2, 0.25) is 0 Å². The van der Waals surface area contributed by atoms with Gasteiger partial charge in [-0.3, -0.25) is 9.08 Å². The van der Waals surface area contributed by atoms with Gasteiger partial charge >= 0.3 is 6.09 Å². The summed E-state index contributed by atoms with van der Waals surface area (Å²) in [7, 11) is -3.57. The van der Waals surface area contributed by atoms with Gasteiger partial charge in [-0.1, -0.05) is 0 Å². The van der Waals surface area contributed by atoms with Gasteiger partial charge in [-0.2, -0.15) is 8.42 Å². The summed E-state index contributed by atoms with van der Waals surface area (Å²) in [4.78, 5) is 13.3. The van der Waals surface area contributed by atoms with Gasteiger partial charge in [0.05, 0.1) is 18.5 Å². The first-order chi connectivity index (χ1) is 10.4. The molecular formula is C13H15NO7S. The molecule has 0 aromatic heterocycles. The molecule has 0 radical (unpaired) electrons. The molecule has 0 saturated carbocycles. The average molecular weight is 329 g/mol. The zero-order valence-corrected chi connectivity index (χ0v) is 12.7. The Labute approximate surface area is 127 Å². The monoisotopic (exact) mass is 329 g/mol. The van der Waals surface area contributed by atoms with Crippen LogP contribution in [0.25, 0.3) is 0 Å². The molecule has 0 aliphatic carbocycles. The first-order valence-corrected chi connectivity index (χ1v) is 8.46. The van der Waals surface area contributed by atoms with E-state index in [1.54, 1.807) is 18.2 Å². The second kappa shape index (κ2) is 5.65. The van der Waals surface area contributed by atoms with E-state index in [4.69, 9.17) is 14.2 Å². The number of hydrogen-bond donors (Lipinski definition) is 0. The largest absolute Gasteiger partial charge is 0.486 e. The number of carbonyl (C=O) groups is 1. The summed E-state index contributed by atoms with van der Waals surface area (Å²) in [6, 6.07) is 5.13. The Balaban J connectivity index is 1.71. The van der Waals surface area contributed by atoms with E-state index in [0.29, 0.717) is 30.4 Å². The molecule has 8 nitrogen and oxygen atoms in total. The van der Waals surface area contributed by atoms with Crippen LogP contribution < -0.4 is 14.4 Å². The highest BCUT2D eigenvalue weighted by molar-refractivity contribution is 7.85. The predicted octanol–water partition coefficient (Wildman–Crippen LogP) is 0.759. The van der Waals surface area contributed by atoms with Gasteiger partial charge in [-0.05, 0) is 12.1 Å². The first-order valence-electron chi connectivity index (χ1n) is 6.64. The number of ether oxygens (including phenoxy) is 3. The molecule has 2 aliphatic rings. The number of benzene rings is 1. The second-order valence-electron chi connectivity index (χ2n) is 4.93. The van der Waals surface area contributed by atoms with E-state index >= 15 is 0 Å². The summed E-state index contributed by atoms with van der Waals surface area (Å²) in [5, 5.41) is 0. The molecule has 1 atom stereocenters.